The number of amides is 1. The number of hydrogen-bond donors (Lipinski definition) is 2. The van der Waals surface area contributed by atoms with Crippen LogP contribution in [0.5, 0.6) is 0 Å². The molecule has 1 fully saturated rings. The number of benzene rings is 1. The first-order valence-electron chi connectivity index (χ1n) is 6.69. The van der Waals surface area contributed by atoms with Gasteiger partial charge in [0.05, 0.1) is 6.61 Å². The van der Waals surface area contributed by atoms with Crippen LogP contribution >= 0.6 is 0 Å². The van der Waals surface area contributed by atoms with Gasteiger partial charge in [-0.2, -0.15) is 0 Å². The van der Waals surface area contributed by atoms with E-state index in [1.165, 1.54) is 25.7 Å². The molecule has 0 atom stereocenters. The molecule has 0 aliphatic heterocycles. The molecule has 1 aromatic rings. The highest BCUT2D eigenvalue weighted by molar-refractivity contribution is 5.91. The lowest BCUT2D eigenvalue weighted by molar-refractivity contribution is -0.117. The number of rotatable bonds is 4. The lowest BCUT2D eigenvalue weighted by Gasteiger charge is -2.12. The Morgan fingerprint density at radius 2 is 2.11 bits per heavy atom. The Balaban J connectivity index is 1.97. The highest BCUT2D eigenvalue weighted by Crippen LogP contribution is 2.28. The molecule has 1 aliphatic rings. The monoisotopic (exact) mass is 247 g/mol. The number of anilines is 1. The molecule has 18 heavy (non-hydrogen) atoms. The minimum Gasteiger partial charge on any atom is -0.392 e. The predicted molar refractivity (Wildman–Crippen MR) is 72.3 cm³/mol. The zero-order chi connectivity index (χ0) is 13.0. The number of hydrogen-bond acceptors (Lipinski definition) is 2. The molecule has 0 heterocycles. The summed E-state index contributed by atoms with van der Waals surface area (Å²) in [5.74, 6) is 0.659. The molecule has 2 rings (SSSR count). The summed E-state index contributed by atoms with van der Waals surface area (Å²) in [5.41, 5.74) is 2.69. The minimum absolute atomic E-state index is 0.00573. The Bertz CT molecular complexity index is 423. The first-order chi connectivity index (χ1) is 8.69. The van der Waals surface area contributed by atoms with Gasteiger partial charge < -0.3 is 10.4 Å². The van der Waals surface area contributed by atoms with E-state index in [0.717, 1.165) is 16.8 Å². The fraction of sp³-hybridized carbons (Fsp3) is 0.533. The van der Waals surface area contributed by atoms with Crippen LogP contribution in [0, 0.1) is 12.8 Å². The van der Waals surface area contributed by atoms with Crippen molar-refractivity contribution in [1.82, 2.24) is 0 Å². The molecule has 0 spiro atoms. The summed E-state index contributed by atoms with van der Waals surface area (Å²) in [6.45, 7) is 1.97. The number of aliphatic hydroxyl groups is 1. The summed E-state index contributed by atoms with van der Waals surface area (Å²) in [5, 5.41) is 12.1. The van der Waals surface area contributed by atoms with Crippen molar-refractivity contribution in [2.24, 2.45) is 5.92 Å². The minimum atomic E-state index is 0.00573. The van der Waals surface area contributed by atoms with Gasteiger partial charge in [0, 0.05) is 12.1 Å². The average molecular weight is 247 g/mol. The van der Waals surface area contributed by atoms with Crippen LogP contribution in [0.3, 0.4) is 0 Å². The molecular formula is C15H21NO2. The molecule has 98 valence electrons. The third kappa shape index (κ3) is 3.33. The smallest absolute Gasteiger partial charge is 0.224 e. The van der Waals surface area contributed by atoms with Gasteiger partial charge in [0.1, 0.15) is 0 Å². The van der Waals surface area contributed by atoms with Crippen LogP contribution in [-0.4, -0.2) is 11.0 Å². The summed E-state index contributed by atoms with van der Waals surface area (Å²) < 4.78 is 0. The van der Waals surface area contributed by atoms with Gasteiger partial charge in [-0.15, -0.1) is 0 Å². The van der Waals surface area contributed by atoms with E-state index in [4.69, 9.17) is 5.11 Å². The number of aliphatic hydroxyl groups excluding tert-OH is 1. The second-order valence-electron chi connectivity index (χ2n) is 5.21. The second-order valence-corrected chi connectivity index (χ2v) is 5.21. The second kappa shape index (κ2) is 6.01. The summed E-state index contributed by atoms with van der Waals surface area (Å²) in [6, 6.07) is 5.65. The van der Waals surface area contributed by atoms with Crippen molar-refractivity contribution in [3.63, 3.8) is 0 Å². The van der Waals surface area contributed by atoms with Crippen molar-refractivity contribution in [2.75, 3.05) is 5.32 Å². The predicted octanol–water partition coefficient (Wildman–Crippen LogP) is 3.01. The van der Waals surface area contributed by atoms with Crippen molar-refractivity contribution < 1.29 is 9.90 Å². The van der Waals surface area contributed by atoms with Crippen molar-refractivity contribution in [3.8, 4) is 0 Å². The number of carbonyl (C=O) groups excluding carboxylic acids is 1. The lowest BCUT2D eigenvalue weighted by Crippen LogP contribution is -2.16. The fourth-order valence-corrected chi connectivity index (χ4v) is 2.58. The van der Waals surface area contributed by atoms with E-state index in [2.05, 4.69) is 5.32 Å². The van der Waals surface area contributed by atoms with E-state index < -0.39 is 0 Å². The topological polar surface area (TPSA) is 49.3 Å². The maximum Gasteiger partial charge on any atom is 0.224 e. The van der Waals surface area contributed by atoms with Gasteiger partial charge in [-0.3, -0.25) is 4.79 Å². The van der Waals surface area contributed by atoms with E-state index in [1.807, 2.05) is 25.1 Å². The molecule has 3 heteroatoms. The molecule has 0 saturated heterocycles. The van der Waals surface area contributed by atoms with Gasteiger partial charge >= 0.3 is 0 Å². The van der Waals surface area contributed by atoms with Crippen LogP contribution in [-0.2, 0) is 11.4 Å². The SMILES string of the molecule is Cc1ccc(CO)cc1NC(=O)CC1CCCC1. The molecule has 0 aromatic heterocycles. The third-order valence-corrected chi connectivity index (χ3v) is 3.71. The molecule has 3 nitrogen and oxygen atoms in total. The van der Waals surface area contributed by atoms with Crippen LogP contribution in [0.15, 0.2) is 18.2 Å². The largest absolute Gasteiger partial charge is 0.392 e. The van der Waals surface area contributed by atoms with Crippen LogP contribution in [0.1, 0.15) is 43.2 Å². The highest BCUT2D eigenvalue weighted by Gasteiger charge is 2.18. The molecular weight excluding hydrogens is 226 g/mol. The van der Waals surface area contributed by atoms with Gasteiger partial charge in [0.2, 0.25) is 5.91 Å². The Hall–Kier alpha value is -1.35. The Labute approximate surface area is 108 Å². The quantitative estimate of drug-likeness (QED) is 0.859. The van der Waals surface area contributed by atoms with E-state index in [-0.39, 0.29) is 12.5 Å². The Kier molecular flexibility index (Phi) is 4.37. The summed E-state index contributed by atoms with van der Waals surface area (Å²) in [4.78, 5) is 11.9. The van der Waals surface area contributed by atoms with Crippen molar-refractivity contribution in [1.29, 1.82) is 0 Å². The van der Waals surface area contributed by atoms with E-state index in [1.54, 1.807) is 0 Å². The first kappa shape index (κ1) is 13.1. The molecule has 1 amide bonds. The van der Waals surface area contributed by atoms with Crippen LogP contribution in [0.4, 0.5) is 5.69 Å². The van der Waals surface area contributed by atoms with Crippen molar-refractivity contribution in [3.05, 3.63) is 29.3 Å². The third-order valence-electron chi connectivity index (χ3n) is 3.71. The van der Waals surface area contributed by atoms with E-state index >= 15 is 0 Å². The molecule has 0 radical (unpaired) electrons. The van der Waals surface area contributed by atoms with Crippen molar-refractivity contribution >= 4 is 11.6 Å². The number of aryl methyl sites for hydroxylation is 1. The maximum atomic E-state index is 11.9. The van der Waals surface area contributed by atoms with Gasteiger partial charge in [0.15, 0.2) is 0 Å². The van der Waals surface area contributed by atoms with Gasteiger partial charge in [-0.1, -0.05) is 25.0 Å². The van der Waals surface area contributed by atoms with Gasteiger partial charge in [-0.25, -0.2) is 0 Å². The number of nitrogens with one attached hydrogen (secondary N) is 1. The molecule has 1 aromatic carbocycles. The molecule has 0 bridgehead atoms. The van der Waals surface area contributed by atoms with Crippen LogP contribution in [0.25, 0.3) is 0 Å². The van der Waals surface area contributed by atoms with Crippen LogP contribution < -0.4 is 5.32 Å². The zero-order valence-corrected chi connectivity index (χ0v) is 10.9. The number of carbonyl (C=O) groups is 1. The average Bonchev–Trinajstić information content (AvgIpc) is 2.84. The fourth-order valence-electron chi connectivity index (χ4n) is 2.58. The standard InChI is InChI=1S/C15H21NO2/c1-11-6-7-13(10-17)8-14(11)16-15(18)9-12-4-2-3-5-12/h6-8,12,17H,2-5,9-10H2,1H3,(H,16,18). The van der Waals surface area contributed by atoms with E-state index in [9.17, 15) is 4.79 Å². The van der Waals surface area contributed by atoms with Gasteiger partial charge in [-0.05, 0) is 42.9 Å². The highest BCUT2D eigenvalue weighted by atomic mass is 16.3. The summed E-state index contributed by atoms with van der Waals surface area (Å²) in [7, 11) is 0. The first-order valence-corrected chi connectivity index (χ1v) is 6.69. The van der Waals surface area contributed by atoms with Gasteiger partial charge in [0.25, 0.3) is 0 Å². The van der Waals surface area contributed by atoms with Crippen molar-refractivity contribution in [2.45, 2.75) is 45.6 Å². The molecule has 1 saturated carbocycles. The lowest BCUT2D eigenvalue weighted by atomic mass is 10.0. The summed E-state index contributed by atoms with van der Waals surface area (Å²) in [6.07, 6.45) is 5.52. The molecule has 1 aliphatic carbocycles. The normalized spacial score (nSPS) is 15.9. The Morgan fingerprint density at radius 3 is 2.78 bits per heavy atom. The molecule has 2 N–H and O–H groups in total. The van der Waals surface area contributed by atoms with Crippen LogP contribution in [0.2, 0.25) is 0 Å². The van der Waals surface area contributed by atoms with E-state index in [0.29, 0.717) is 12.3 Å². The molecule has 0 unspecified atom stereocenters. The maximum absolute atomic E-state index is 11.9. The zero-order valence-electron chi connectivity index (χ0n) is 10.9. The Morgan fingerprint density at radius 1 is 1.39 bits per heavy atom. The summed E-state index contributed by atoms with van der Waals surface area (Å²) >= 11 is 0.